The van der Waals surface area contributed by atoms with Gasteiger partial charge in [-0.1, -0.05) is 29.8 Å². The van der Waals surface area contributed by atoms with Crippen LogP contribution in [0.4, 0.5) is 5.82 Å². The summed E-state index contributed by atoms with van der Waals surface area (Å²) in [6, 6.07) is 12.8. The number of nitrogens with two attached hydrogens (primary N) is 1. The number of nitrogens with zero attached hydrogens (tertiary/aromatic N) is 4. The summed E-state index contributed by atoms with van der Waals surface area (Å²) < 4.78 is 33.5. The van der Waals surface area contributed by atoms with Crippen LogP contribution in [0.15, 0.2) is 48.5 Å². The predicted molar refractivity (Wildman–Crippen MR) is 156 cm³/mol. The molecule has 0 bridgehead atoms. The molecule has 0 fully saturated rings. The van der Waals surface area contributed by atoms with Gasteiger partial charge in [-0.25, -0.2) is 14.5 Å². The Labute approximate surface area is 238 Å². The number of hydrogen-bond acceptors (Lipinski definition) is 8. The van der Waals surface area contributed by atoms with E-state index in [-0.39, 0.29) is 24.9 Å². The third-order valence-corrected chi connectivity index (χ3v) is 8.09. The van der Waals surface area contributed by atoms with E-state index >= 15 is 0 Å². The number of nitrogens with one attached hydrogen (secondary N) is 1. The molecule has 11 nitrogen and oxygen atoms in total. The van der Waals surface area contributed by atoms with Crippen LogP contribution in [0.2, 0.25) is 5.02 Å². The number of rotatable bonds is 12. The molecule has 0 aliphatic heterocycles. The maximum atomic E-state index is 14.0. The van der Waals surface area contributed by atoms with Gasteiger partial charge in [0.15, 0.2) is 5.82 Å². The number of nitrogen functional groups attached to an aromatic ring is 1. The zero-order valence-corrected chi connectivity index (χ0v) is 24.8. The topological polar surface area (TPSA) is 134 Å². The molecular formula is C27H34ClN6O5P. The van der Waals surface area contributed by atoms with Gasteiger partial charge >= 0.3 is 7.75 Å². The van der Waals surface area contributed by atoms with Gasteiger partial charge in [-0.05, 0) is 51.1 Å². The number of ether oxygens (including phenoxy) is 1. The lowest BCUT2D eigenvalue weighted by Crippen LogP contribution is -2.41. The zero-order valence-electron chi connectivity index (χ0n) is 23.1. The normalized spacial score (nSPS) is 14.7. The maximum absolute atomic E-state index is 14.0. The first-order valence-corrected chi connectivity index (χ1v) is 14.8. The lowest BCUT2D eigenvalue weighted by atomic mass is 10.1. The van der Waals surface area contributed by atoms with Crippen LogP contribution in [-0.4, -0.2) is 58.7 Å². The summed E-state index contributed by atoms with van der Waals surface area (Å²) in [4.78, 5) is 23.2. The standard InChI is InChI=1S/C27H34ClN6O5P/c1-6-37-16-23-31-24-25(21-9-7-8-10-22(21)30-26(24)29)34(23)17(2)15-38-40(36,32-18(3)27(35)33(4)5)39-20-13-11-19(28)12-14-20/h7-14,17-18H,6,15-16H2,1-5H3,(H2,29,30)(H,32,36)/t17-,18-,40?/m0/s1. The molecule has 13 heteroatoms. The van der Waals surface area contributed by atoms with Crippen LogP contribution in [0, 0.1) is 0 Å². The largest absolute Gasteiger partial charge is 0.459 e. The average molecular weight is 589 g/mol. The van der Waals surface area contributed by atoms with Crippen molar-refractivity contribution in [3.63, 3.8) is 0 Å². The summed E-state index contributed by atoms with van der Waals surface area (Å²) in [7, 11) is -0.830. The number of aromatic nitrogens is 3. The molecule has 1 unspecified atom stereocenters. The van der Waals surface area contributed by atoms with Gasteiger partial charge in [0, 0.05) is 31.1 Å². The van der Waals surface area contributed by atoms with Crippen LogP contribution in [0.1, 0.15) is 32.6 Å². The van der Waals surface area contributed by atoms with Crippen LogP contribution in [0.25, 0.3) is 21.9 Å². The van der Waals surface area contributed by atoms with Crippen molar-refractivity contribution in [1.29, 1.82) is 0 Å². The minimum absolute atomic E-state index is 0.0537. The van der Waals surface area contributed by atoms with Crippen molar-refractivity contribution in [2.45, 2.75) is 39.5 Å². The predicted octanol–water partition coefficient (Wildman–Crippen LogP) is 5.19. The second-order valence-electron chi connectivity index (χ2n) is 9.52. The third-order valence-electron chi connectivity index (χ3n) is 6.19. The number of para-hydroxylation sites is 1. The molecule has 0 radical (unpaired) electrons. The molecule has 1 amide bonds. The first-order valence-electron chi connectivity index (χ1n) is 12.8. The van der Waals surface area contributed by atoms with E-state index in [2.05, 4.69) is 10.1 Å². The van der Waals surface area contributed by atoms with Gasteiger partial charge in [0.25, 0.3) is 0 Å². The first kappa shape index (κ1) is 29.8. The Morgan fingerprint density at radius 3 is 2.52 bits per heavy atom. The second kappa shape index (κ2) is 12.5. The van der Waals surface area contributed by atoms with Crippen molar-refractivity contribution in [3.8, 4) is 5.75 Å². The van der Waals surface area contributed by atoms with Crippen molar-refractivity contribution in [2.24, 2.45) is 0 Å². The summed E-state index contributed by atoms with van der Waals surface area (Å²) in [5, 5.41) is 4.13. The Hall–Kier alpha value is -3.21. The van der Waals surface area contributed by atoms with Gasteiger partial charge in [0.2, 0.25) is 5.91 Å². The van der Waals surface area contributed by atoms with Crippen molar-refractivity contribution in [3.05, 3.63) is 59.4 Å². The molecule has 40 heavy (non-hydrogen) atoms. The van der Waals surface area contributed by atoms with E-state index in [1.807, 2.05) is 42.7 Å². The van der Waals surface area contributed by atoms with Crippen molar-refractivity contribution in [2.75, 3.05) is 33.0 Å². The molecular weight excluding hydrogens is 555 g/mol. The quantitative estimate of drug-likeness (QED) is 0.214. The number of hydrogen-bond donors (Lipinski definition) is 2. The minimum atomic E-state index is -4.06. The molecule has 2 aromatic carbocycles. The average Bonchev–Trinajstić information content (AvgIpc) is 3.32. The van der Waals surface area contributed by atoms with E-state index in [9.17, 15) is 9.36 Å². The molecule has 2 heterocycles. The van der Waals surface area contributed by atoms with E-state index in [0.29, 0.717) is 28.8 Å². The molecule has 214 valence electrons. The summed E-state index contributed by atoms with van der Waals surface area (Å²) in [5.41, 5.74) is 8.34. The van der Waals surface area contributed by atoms with Crippen LogP contribution < -0.4 is 15.3 Å². The fraction of sp³-hybridized carbons (Fsp3) is 0.370. The fourth-order valence-electron chi connectivity index (χ4n) is 4.32. The second-order valence-corrected chi connectivity index (χ2v) is 11.6. The summed E-state index contributed by atoms with van der Waals surface area (Å²) >= 11 is 6.00. The maximum Gasteiger partial charge on any atom is 0.459 e. The molecule has 0 aliphatic carbocycles. The lowest BCUT2D eigenvalue weighted by molar-refractivity contribution is -0.130. The summed E-state index contributed by atoms with van der Waals surface area (Å²) in [6.07, 6.45) is 0. The molecule has 0 aliphatic rings. The van der Waals surface area contributed by atoms with E-state index in [1.54, 1.807) is 45.3 Å². The van der Waals surface area contributed by atoms with Crippen LogP contribution >= 0.6 is 19.3 Å². The monoisotopic (exact) mass is 588 g/mol. The highest BCUT2D eigenvalue weighted by Crippen LogP contribution is 2.46. The summed E-state index contributed by atoms with van der Waals surface area (Å²) in [6.45, 7) is 6.07. The van der Waals surface area contributed by atoms with E-state index < -0.39 is 19.8 Å². The zero-order chi connectivity index (χ0) is 29.0. The van der Waals surface area contributed by atoms with E-state index in [4.69, 9.17) is 36.1 Å². The van der Waals surface area contributed by atoms with E-state index in [0.717, 1.165) is 16.4 Å². The summed E-state index contributed by atoms with van der Waals surface area (Å²) in [5.74, 6) is 0.904. The number of halogens is 1. The SMILES string of the molecule is CCOCc1nc2c(N)nc3ccccc3c2n1[C@@H](C)COP(=O)(N[C@@H](C)C(=O)N(C)C)Oc1ccc(Cl)cc1. The van der Waals surface area contributed by atoms with Gasteiger partial charge in [0.1, 0.15) is 23.7 Å². The number of benzene rings is 2. The van der Waals surface area contributed by atoms with Gasteiger partial charge in [-0.2, -0.15) is 5.09 Å². The molecule has 2 aromatic heterocycles. The molecule has 0 spiro atoms. The highest BCUT2D eigenvalue weighted by atomic mass is 35.5. The number of imidazole rings is 1. The smallest absolute Gasteiger partial charge is 0.413 e. The highest BCUT2D eigenvalue weighted by molar-refractivity contribution is 7.52. The minimum Gasteiger partial charge on any atom is -0.413 e. The molecule has 3 N–H and O–H groups in total. The Kier molecular flexibility index (Phi) is 9.33. The lowest BCUT2D eigenvalue weighted by Gasteiger charge is -2.26. The number of amides is 1. The molecule has 0 saturated heterocycles. The first-order chi connectivity index (χ1) is 19.0. The van der Waals surface area contributed by atoms with Gasteiger partial charge in [0.05, 0.1) is 29.7 Å². The molecule has 0 saturated carbocycles. The number of carbonyl (C=O) groups is 1. The van der Waals surface area contributed by atoms with Crippen molar-refractivity contribution >= 4 is 53.0 Å². The Balaban J connectivity index is 1.70. The number of pyridine rings is 1. The van der Waals surface area contributed by atoms with Crippen LogP contribution in [-0.2, 0) is 25.2 Å². The van der Waals surface area contributed by atoms with Crippen LogP contribution in [0.3, 0.4) is 0 Å². The fourth-order valence-corrected chi connectivity index (χ4v) is 6.03. The Bertz CT molecular complexity index is 1540. The van der Waals surface area contributed by atoms with E-state index in [1.165, 1.54) is 4.90 Å². The Morgan fingerprint density at radius 1 is 1.15 bits per heavy atom. The van der Waals surface area contributed by atoms with Gasteiger partial charge in [-0.15, -0.1) is 0 Å². The van der Waals surface area contributed by atoms with Crippen LogP contribution in [0.5, 0.6) is 5.75 Å². The molecule has 4 rings (SSSR count). The molecule has 3 atom stereocenters. The van der Waals surface area contributed by atoms with Gasteiger partial charge in [-0.3, -0.25) is 9.32 Å². The van der Waals surface area contributed by atoms with Crippen molar-refractivity contribution in [1.82, 2.24) is 24.5 Å². The third kappa shape index (κ3) is 6.56. The van der Waals surface area contributed by atoms with Crippen molar-refractivity contribution < 1.29 is 23.1 Å². The number of carbonyl (C=O) groups excluding carboxylic acids is 1. The Morgan fingerprint density at radius 2 is 1.85 bits per heavy atom. The number of fused-ring (bicyclic) bond motifs is 3. The highest BCUT2D eigenvalue weighted by Gasteiger charge is 2.33. The molecule has 4 aromatic rings. The number of likely N-dealkylation sites (N-methyl/N-ethyl adjacent to an activating group) is 1. The van der Waals surface area contributed by atoms with Gasteiger partial charge < -0.3 is 24.5 Å². The number of anilines is 1.